The van der Waals surface area contributed by atoms with Crippen molar-refractivity contribution in [1.29, 1.82) is 0 Å². The van der Waals surface area contributed by atoms with Gasteiger partial charge in [0.2, 0.25) is 5.28 Å². The van der Waals surface area contributed by atoms with Crippen LogP contribution in [0.1, 0.15) is 29.2 Å². The van der Waals surface area contributed by atoms with Crippen LogP contribution in [-0.4, -0.2) is 9.97 Å². The Balaban J connectivity index is 2.11. The second kappa shape index (κ2) is 4.89. The molecule has 2 nitrogen and oxygen atoms in total. The van der Waals surface area contributed by atoms with Crippen molar-refractivity contribution in [2.24, 2.45) is 0 Å². The lowest BCUT2D eigenvalue weighted by Crippen LogP contribution is -2.03. The van der Waals surface area contributed by atoms with Crippen molar-refractivity contribution in [3.8, 4) is 0 Å². The molecule has 0 bridgehead atoms. The third kappa shape index (κ3) is 2.31. The Morgan fingerprint density at radius 2 is 1.95 bits per heavy atom. The first-order valence-corrected chi connectivity index (χ1v) is 6.86. The quantitative estimate of drug-likeness (QED) is 0.565. The smallest absolute Gasteiger partial charge is 0.222 e. The lowest BCUT2D eigenvalue weighted by atomic mass is 9.96. The second-order valence-electron chi connectivity index (χ2n) is 4.40. The summed E-state index contributed by atoms with van der Waals surface area (Å²) < 4.78 is 14.0. The van der Waals surface area contributed by atoms with E-state index in [1.807, 2.05) is 0 Å². The molecule has 1 unspecified atom stereocenters. The van der Waals surface area contributed by atoms with Gasteiger partial charge in [0.25, 0.3) is 0 Å². The molecule has 1 aliphatic carbocycles. The molecule has 1 atom stereocenters. The van der Waals surface area contributed by atoms with Crippen molar-refractivity contribution >= 4 is 34.8 Å². The fraction of sp³-hybridized carbons (Fsp3) is 0.231. The van der Waals surface area contributed by atoms with Gasteiger partial charge in [-0.1, -0.05) is 29.3 Å². The molecule has 0 saturated heterocycles. The first kappa shape index (κ1) is 13.1. The van der Waals surface area contributed by atoms with Crippen LogP contribution in [0.4, 0.5) is 4.39 Å². The van der Waals surface area contributed by atoms with E-state index >= 15 is 0 Å². The molecule has 0 fully saturated rings. The summed E-state index contributed by atoms with van der Waals surface area (Å²) in [7, 11) is 0. The maximum Gasteiger partial charge on any atom is 0.224 e. The van der Waals surface area contributed by atoms with Crippen LogP contribution in [0.15, 0.2) is 18.2 Å². The highest BCUT2D eigenvalue weighted by molar-refractivity contribution is 6.32. The van der Waals surface area contributed by atoms with Gasteiger partial charge in [0.05, 0.1) is 5.69 Å². The molecule has 6 heteroatoms. The third-order valence-electron chi connectivity index (χ3n) is 3.31. The number of fused-ring (bicyclic) bond motifs is 1. The van der Waals surface area contributed by atoms with E-state index in [9.17, 15) is 4.39 Å². The van der Waals surface area contributed by atoms with Gasteiger partial charge in [0.1, 0.15) is 11.0 Å². The van der Waals surface area contributed by atoms with Crippen LogP contribution < -0.4 is 0 Å². The summed E-state index contributed by atoms with van der Waals surface area (Å²) in [5.74, 6) is -0.485. The molecule has 1 aliphatic rings. The highest BCUT2D eigenvalue weighted by atomic mass is 35.5. The van der Waals surface area contributed by atoms with E-state index in [0.717, 1.165) is 18.4 Å². The molecule has 2 aromatic rings. The molecule has 19 heavy (non-hydrogen) atoms. The molecule has 1 aromatic heterocycles. The van der Waals surface area contributed by atoms with E-state index in [2.05, 4.69) is 9.97 Å². The van der Waals surface area contributed by atoms with Crippen molar-refractivity contribution in [1.82, 2.24) is 9.97 Å². The van der Waals surface area contributed by atoms with Gasteiger partial charge in [-0.05, 0) is 42.1 Å². The molecule has 0 N–H and O–H groups in total. The Morgan fingerprint density at radius 3 is 2.68 bits per heavy atom. The summed E-state index contributed by atoms with van der Waals surface area (Å²) in [5.41, 5.74) is 2.13. The summed E-state index contributed by atoms with van der Waals surface area (Å²) in [6.45, 7) is 0. The predicted octanol–water partition coefficient (Wildman–Crippen LogP) is 4.65. The minimum atomic E-state index is -0.337. The molecule has 1 aromatic carbocycles. The number of halogens is 4. The first-order valence-electron chi connectivity index (χ1n) is 5.73. The Bertz CT molecular complexity index is 661. The normalized spacial score (nSPS) is 17.6. The summed E-state index contributed by atoms with van der Waals surface area (Å²) in [6.07, 6.45) is 1.46. The molecule has 0 aliphatic heterocycles. The monoisotopic (exact) mass is 316 g/mol. The average molecular weight is 318 g/mol. The van der Waals surface area contributed by atoms with Crippen LogP contribution in [0.2, 0.25) is 15.5 Å². The van der Waals surface area contributed by atoms with Crippen LogP contribution >= 0.6 is 34.8 Å². The number of hydrogen-bond donors (Lipinski definition) is 0. The molecule has 3 rings (SSSR count). The summed E-state index contributed by atoms with van der Waals surface area (Å²) in [6, 6.07) is 4.66. The summed E-state index contributed by atoms with van der Waals surface area (Å²) in [5, 5.41) is 0.815. The Hall–Kier alpha value is -0.900. The van der Waals surface area contributed by atoms with Gasteiger partial charge in [-0.15, -0.1) is 0 Å². The van der Waals surface area contributed by atoms with Gasteiger partial charge in [-0.3, -0.25) is 0 Å². The molecule has 0 amide bonds. The van der Waals surface area contributed by atoms with Crippen LogP contribution in [0, 0.1) is 5.82 Å². The molecule has 1 heterocycles. The van der Waals surface area contributed by atoms with Gasteiger partial charge < -0.3 is 0 Å². The largest absolute Gasteiger partial charge is 0.224 e. The maximum atomic E-state index is 14.0. The van der Waals surface area contributed by atoms with E-state index in [0.29, 0.717) is 21.4 Å². The standard InChI is InChI=1S/C13H8Cl3FN2/c14-6-1-2-7(10(17)5-6)8-3-4-9-11(8)18-13(16)19-12(9)15/h1-2,5,8H,3-4H2. The van der Waals surface area contributed by atoms with Crippen LogP contribution in [0.5, 0.6) is 0 Å². The van der Waals surface area contributed by atoms with E-state index in [4.69, 9.17) is 34.8 Å². The van der Waals surface area contributed by atoms with Gasteiger partial charge in [-0.2, -0.15) is 0 Å². The molecule has 0 spiro atoms. The minimum Gasteiger partial charge on any atom is -0.222 e. The van der Waals surface area contributed by atoms with Gasteiger partial charge in [0, 0.05) is 16.5 Å². The zero-order chi connectivity index (χ0) is 13.6. The molecular weight excluding hydrogens is 310 g/mol. The Labute approximate surface area is 124 Å². The molecule has 98 valence electrons. The number of aromatic nitrogens is 2. The number of hydrogen-bond acceptors (Lipinski definition) is 2. The van der Waals surface area contributed by atoms with Gasteiger partial charge in [0.15, 0.2) is 0 Å². The number of nitrogens with zero attached hydrogens (tertiary/aromatic N) is 2. The topological polar surface area (TPSA) is 25.8 Å². The number of rotatable bonds is 1. The lowest BCUT2D eigenvalue weighted by molar-refractivity contribution is 0.592. The zero-order valence-corrected chi connectivity index (χ0v) is 11.9. The highest BCUT2D eigenvalue weighted by Gasteiger charge is 2.30. The predicted molar refractivity (Wildman–Crippen MR) is 73.6 cm³/mol. The third-order valence-corrected chi connectivity index (χ3v) is 4.03. The van der Waals surface area contributed by atoms with Gasteiger partial charge in [-0.25, -0.2) is 14.4 Å². The van der Waals surface area contributed by atoms with Crippen molar-refractivity contribution in [3.63, 3.8) is 0 Å². The van der Waals surface area contributed by atoms with Crippen molar-refractivity contribution in [2.75, 3.05) is 0 Å². The first-order chi connectivity index (χ1) is 9.06. The van der Waals surface area contributed by atoms with Crippen LogP contribution in [-0.2, 0) is 6.42 Å². The van der Waals surface area contributed by atoms with Gasteiger partial charge >= 0.3 is 0 Å². The fourth-order valence-corrected chi connectivity index (χ4v) is 3.13. The average Bonchev–Trinajstić information content (AvgIpc) is 2.73. The Morgan fingerprint density at radius 1 is 1.16 bits per heavy atom. The second-order valence-corrected chi connectivity index (χ2v) is 5.54. The summed E-state index contributed by atoms with van der Waals surface area (Å²) >= 11 is 17.6. The van der Waals surface area contributed by atoms with E-state index in [-0.39, 0.29) is 17.0 Å². The fourth-order valence-electron chi connectivity index (χ4n) is 2.48. The van der Waals surface area contributed by atoms with Crippen molar-refractivity contribution in [2.45, 2.75) is 18.8 Å². The van der Waals surface area contributed by atoms with Crippen LogP contribution in [0.3, 0.4) is 0 Å². The molecule has 0 saturated carbocycles. The molecule has 0 radical (unpaired) electrons. The van der Waals surface area contributed by atoms with E-state index in [1.165, 1.54) is 6.07 Å². The zero-order valence-electron chi connectivity index (χ0n) is 9.63. The molecular formula is C13H8Cl3FN2. The summed E-state index contributed by atoms with van der Waals surface area (Å²) in [4.78, 5) is 8.12. The SMILES string of the molecule is Fc1cc(Cl)ccc1C1CCc2c(Cl)nc(Cl)nc21. The van der Waals surface area contributed by atoms with Crippen molar-refractivity contribution < 1.29 is 4.39 Å². The Kier molecular flexibility index (Phi) is 3.37. The highest BCUT2D eigenvalue weighted by Crippen LogP contribution is 2.40. The van der Waals surface area contributed by atoms with E-state index < -0.39 is 0 Å². The van der Waals surface area contributed by atoms with E-state index in [1.54, 1.807) is 12.1 Å². The lowest BCUT2D eigenvalue weighted by Gasteiger charge is -2.12. The maximum absolute atomic E-state index is 14.0. The van der Waals surface area contributed by atoms with Crippen LogP contribution in [0.25, 0.3) is 0 Å². The number of benzene rings is 1. The van der Waals surface area contributed by atoms with Crippen molar-refractivity contribution in [3.05, 3.63) is 56.3 Å². The minimum absolute atomic E-state index is 0.0880.